The van der Waals surface area contributed by atoms with Crippen molar-refractivity contribution in [2.75, 3.05) is 0 Å². The molecule has 0 aliphatic carbocycles. The highest BCUT2D eigenvalue weighted by atomic mass is 14.8. The molecule has 0 amide bonds. The molecule has 0 aromatic heterocycles. The molecule has 1 nitrogen and oxygen atoms in total. The van der Waals surface area contributed by atoms with Gasteiger partial charge in [0.05, 0.1) is 5.70 Å². The second-order valence-electron chi connectivity index (χ2n) is 8.89. The number of benzene rings is 4. The van der Waals surface area contributed by atoms with E-state index in [1.807, 2.05) is 0 Å². The predicted octanol–water partition coefficient (Wildman–Crippen LogP) is 9.06. The summed E-state index contributed by atoms with van der Waals surface area (Å²) in [7, 11) is 0. The van der Waals surface area contributed by atoms with Crippen LogP contribution in [0.1, 0.15) is 48.9 Å². The molecule has 0 saturated heterocycles. The van der Waals surface area contributed by atoms with Crippen LogP contribution in [0.3, 0.4) is 0 Å². The molecule has 0 saturated carbocycles. The molecule has 0 fully saturated rings. The standard InChI is InChI=1S/C34H31N/c1-3-29-30(4-2)35-34(28-23-15-8-16-24-28)33(27-21-13-7-14-22-27)32(26-19-11-6-12-20-26)31(29)25-17-9-5-10-18-25/h5-24,29H,3-4H2,1-2H3. The molecule has 1 aliphatic heterocycles. The molecule has 1 heteroatoms. The molecule has 1 aliphatic rings. The van der Waals surface area contributed by atoms with Crippen molar-refractivity contribution in [2.45, 2.75) is 26.7 Å². The minimum atomic E-state index is 0.234. The molecule has 0 spiro atoms. The topological polar surface area (TPSA) is 12.4 Å². The summed E-state index contributed by atoms with van der Waals surface area (Å²) in [5.41, 5.74) is 11.0. The Bertz CT molecular complexity index is 1360. The summed E-state index contributed by atoms with van der Waals surface area (Å²) in [4.78, 5) is 5.48. The largest absolute Gasteiger partial charge is 0.256 e. The molecule has 35 heavy (non-hydrogen) atoms. The van der Waals surface area contributed by atoms with E-state index in [0.717, 1.165) is 24.1 Å². The first-order chi connectivity index (χ1) is 17.3. The second kappa shape index (κ2) is 10.5. The monoisotopic (exact) mass is 453 g/mol. The lowest BCUT2D eigenvalue weighted by Gasteiger charge is -2.25. The van der Waals surface area contributed by atoms with E-state index < -0.39 is 0 Å². The minimum Gasteiger partial charge on any atom is -0.256 e. The lowest BCUT2D eigenvalue weighted by atomic mass is 9.78. The third kappa shape index (κ3) is 4.55. The molecule has 0 bridgehead atoms. The van der Waals surface area contributed by atoms with Crippen LogP contribution in [0.2, 0.25) is 0 Å². The highest BCUT2D eigenvalue weighted by Gasteiger charge is 2.30. The van der Waals surface area contributed by atoms with E-state index in [0.29, 0.717) is 0 Å². The van der Waals surface area contributed by atoms with E-state index in [1.54, 1.807) is 0 Å². The van der Waals surface area contributed by atoms with Crippen molar-refractivity contribution < 1.29 is 0 Å². The van der Waals surface area contributed by atoms with E-state index in [2.05, 4.69) is 135 Å². The maximum absolute atomic E-state index is 5.48. The Morgan fingerprint density at radius 1 is 0.514 bits per heavy atom. The third-order valence-corrected chi connectivity index (χ3v) is 6.79. The average molecular weight is 454 g/mol. The lowest BCUT2D eigenvalue weighted by Crippen LogP contribution is -2.15. The lowest BCUT2D eigenvalue weighted by molar-refractivity contribution is 0.819. The van der Waals surface area contributed by atoms with Crippen molar-refractivity contribution >= 4 is 28.1 Å². The van der Waals surface area contributed by atoms with Crippen LogP contribution < -0.4 is 0 Å². The highest BCUT2D eigenvalue weighted by molar-refractivity contribution is 6.26. The Balaban J connectivity index is 1.99. The normalized spacial score (nSPS) is 16.2. The van der Waals surface area contributed by atoms with E-state index in [9.17, 15) is 0 Å². The van der Waals surface area contributed by atoms with Crippen LogP contribution in [0.4, 0.5) is 0 Å². The number of aliphatic imine (C=N–C) groups is 1. The van der Waals surface area contributed by atoms with Gasteiger partial charge in [0, 0.05) is 22.8 Å². The predicted molar refractivity (Wildman–Crippen MR) is 151 cm³/mol. The minimum absolute atomic E-state index is 0.234. The molecule has 172 valence electrons. The Morgan fingerprint density at radius 2 is 0.943 bits per heavy atom. The summed E-state index contributed by atoms with van der Waals surface area (Å²) < 4.78 is 0. The van der Waals surface area contributed by atoms with Gasteiger partial charge in [0.15, 0.2) is 0 Å². The van der Waals surface area contributed by atoms with Crippen molar-refractivity contribution in [3.63, 3.8) is 0 Å². The van der Waals surface area contributed by atoms with Crippen LogP contribution in [0, 0.1) is 5.92 Å². The van der Waals surface area contributed by atoms with Crippen molar-refractivity contribution in [3.8, 4) is 0 Å². The van der Waals surface area contributed by atoms with Crippen molar-refractivity contribution in [2.24, 2.45) is 10.9 Å². The smallest absolute Gasteiger partial charge is 0.0786 e. The number of hydrogen-bond acceptors (Lipinski definition) is 1. The zero-order chi connectivity index (χ0) is 24.0. The van der Waals surface area contributed by atoms with Gasteiger partial charge in [0.1, 0.15) is 0 Å². The van der Waals surface area contributed by atoms with Crippen molar-refractivity contribution in [1.82, 2.24) is 0 Å². The molecule has 5 rings (SSSR count). The third-order valence-electron chi connectivity index (χ3n) is 6.79. The first kappa shape index (κ1) is 22.8. The van der Waals surface area contributed by atoms with Gasteiger partial charge >= 0.3 is 0 Å². The van der Waals surface area contributed by atoms with Gasteiger partial charge in [-0.15, -0.1) is 0 Å². The first-order valence-corrected chi connectivity index (χ1v) is 12.6. The van der Waals surface area contributed by atoms with E-state index in [1.165, 1.54) is 39.1 Å². The molecule has 4 aromatic carbocycles. The van der Waals surface area contributed by atoms with Gasteiger partial charge in [-0.1, -0.05) is 135 Å². The molecule has 0 radical (unpaired) electrons. The molecule has 4 aromatic rings. The van der Waals surface area contributed by atoms with Crippen LogP contribution in [0.5, 0.6) is 0 Å². The summed E-state index contributed by atoms with van der Waals surface area (Å²) in [6.45, 7) is 4.53. The number of rotatable bonds is 6. The maximum Gasteiger partial charge on any atom is 0.0786 e. The number of hydrogen-bond donors (Lipinski definition) is 0. The fourth-order valence-electron chi connectivity index (χ4n) is 5.20. The highest BCUT2D eigenvalue weighted by Crippen LogP contribution is 2.48. The van der Waals surface area contributed by atoms with Crippen LogP contribution in [-0.2, 0) is 0 Å². The SMILES string of the molecule is CCC1=NC(c2ccccc2)=C(c2ccccc2)C(c2ccccc2)=C(c2ccccc2)C1CC. The molecule has 1 heterocycles. The van der Waals surface area contributed by atoms with Crippen LogP contribution in [0.15, 0.2) is 126 Å². The Labute approximate surface area is 209 Å². The average Bonchev–Trinajstić information content (AvgIpc) is 3.09. The Kier molecular flexibility index (Phi) is 6.86. The fourth-order valence-corrected chi connectivity index (χ4v) is 5.20. The summed E-state index contributed by atoms with van der Waals surface area (Å²) in [6.07, 6.45) is 1.91. The van der Waals surface area contributed by atoms with Gasteiger partial charge in [-0.05, 0) is 40.7 Å². The summed E-state index contributed by atoms with van der Waals surface area (Å²) in [6, 6.07) is 43.2. The zero-order valence-electron chi connectivity index (χ0n) is 20.5. The van der Waals surface area contributed by atoms with Gasteiger partial charge in [0.2, 0.25) is 0 Å². The van der Waals surface area contributed by atoms with Crippen molar-refractivity contribution in [1.29, 1.82) is 0 Å². The van der Waals surface area contributed by atoms with Crippen LogP contribution >= 0.6 is 0 Å². The van der Waals surface area contributed by atoms with Gasteiger partial charge in [-0.25, -0.2) is 0 Å². The fraction of sp³-hybridized carbons (Fsp3) is 0.147. The first-order valence-electron chi connectivity index (χ1n) is 12.6. The maximum atomic E-state index is 5.48. The molecule has 0 N–H and O–H groups in total. The van der Waals surface area contributed by atoms with Crippen LogP contribution in [0.25, 0.3) is 22.4 Å². The molecule has 1 unspecified atom stereocenters. The van der Waals surface area contributed by atoms with Crippen LogP contribution in [-0.4, -0.2) is 5.71 Å². The number of nitrogens with zero attached hydrogens (tertiary/aromatic N) is 1. The second-order valence-corrected chi connectivity index (χ2v) is 8.89. The molecular formula is C34H31N. The quantitative estimate of drug-likeness (QED) is 0.276. The summed E-state index contributed by atoms with van der Waals surface area (Å²) in [5, 5.41) is 0. The molecule has 1 atom stereocenters. The van der Waals surface area contributed by atoms with E-state index in [4.69, 9.17) is 4.99 Å². The van der Waals surface area contributed by atoms with Gasteiger partial charge < -0.3 is 0 Å². The Hall–Kier alpha value is -3.97. The van der Waals surface area contributed by atoms with Crippen molar-refractivity contribution in [3.05, 3.63) is 144 Å². The van der Waals surface area contributed by atoms with Gasteiger partial charge in [0.25, 0.3) is 0 Å². The Morgan fingerprint density at radius 3 is 1.40 bits per heavy atom. The van der Waals surface area contributed by atoms with Gasteiger partial charge in [-0.3, -0.25) is 4.99 Å². The zero-order valence-corrected chi connectivity index (χ0v) is 20.5. The summed E-state index contributed by atoms with van der Waals surface area (Å²) >= 11 is 0. The van der Waals surface area contributed by atoms with E-state index in [-0.39, 0.29) is 5.92 Å². The molecular weight excluding hydrogens is 422 g/mol. The van der Waals surface area contributed by atoms with Gasteiger partial charge in [-0.2, -0.15) is 0 Å². The van der Waals surface area contributed by atoms with E-state index >= 15 is 0 Å². The summed E-state index contributed by atoms with van der Waals surface area (Å²) in [5.74, 6) is 0.234. The number of allylic oxidation sites excluding steroid dienone is 3.